The number of carbonyl (C=O) groups excluding carboxylic acids is 1. The van der Waals surface area contributed by atoms with Gasteiger partial charge in [0.05, 0.1) is 12.0 Å². The Kier molecular flexibility index (Phi) is 5.98. The number of nitrogens with one attached hydrogen (secondary N) is 1. The van der Waals surface area contributed by atoms with Crippen molar-refractivity contribution in [2.75, 3.05) is 11.9 Å². The van der Waals surface area contributed by atoms with Crippen LogP contribution in [0.2, 0.25) is 0 Å². The smallest absolute Gasteiger partial charge is 0.335 e. The molecule has 1 aliphatic heterocycles. The minimum absolute atomic E-state index is 0.159. The molecule has 1 amide bonds. The normalized spacial score (nSPS) is 20.5. The van der Waals surface area contributed by atoms with Gasteiger partial charge < -0.3 is 20.4 Å². The van der Waals surface area contributed by atoms with E-state index in [0.717, 1.165) is 6.42 Å². The largest absolute Gasteiger partial charge is 0.481 e. The first-order valence-electron chi connectivity index (χ1n) is 9.57. The van der Waals surface area contributed by atoms with E-state index in [0.29, 0.717) is 30.3 Å². The van der Waals surface area contributed by atoms with Crippen LogP contribution in [0.4, 0.5) is 5.69 Å². The van der Waals surface area contributed by atoms with Crippen molar-refractivity contribution >= 4 is 23.5 Å². The molecule has 3 N–H and O–H groups in total. The van der Waals surface area contributed by atoms with Crippen molar-refractivity contribution in [3.63, 3.8) is 0 Å². The van der Waals surface area contributed by atoms with Gasteiger partial charge in [-0.1, -0.05) is 32.1 Å². The molecule has 1 aliphatic carbocycles. The molecule has 1 heterocycles. The fourth-order valence-corrected chi connectivity index (χ4v) is 4.07. The molecule has 0 bridgehead atoms. The number of carboxylic acid groups (broad SMARTS) is 2. The Balaban J connectivity index is 1.81. The van der Waals surface area contributed by atoms with E-state index in [4.69, 9.17) is 0 Å². The number of amides is 1. The molecule has 0 radical (unpaired) electrons. The third kappa shape index (κ3) is 4.78. The molecule has 0 saturated heterocycles. The number of aliphatic carboxylic acids is 1. The molecular formula is C20H26N2O5. The topological polar surface area (TPSA) is 107 Å². The summed E-state index contributed by atoms with van der Waals surface area (Å²) >= 11 is 0. The van der Waals surface area contributed by atoms with Crippen molar-refractivity contribution < 1.29 is 24.6 Å². The summed E-state index contributed by atoms with van der Waals surface area (Å²) in [5.74, 6) is -1.70. The van der Waals surface area contributed by atoms with Gasteiger partial charge >= 0.3 is 11.9 Å². The first-order valence-corrected chi connectivity index (χ1v) is 9.57. The van der Waals surface area contributed by atoms with Gasteiger partial charge in [0.1, 0.15) is 6.04 Å². The van der Waals surface area contributed by atoms with Crippen LogP contribution in [0.15, 0.2) is 18.2 Å². The number of carboxylic acids is 2. The molecule has 1 aromatic carbocycles. The second-order valence-electron chi connectivity index (χ2n) is 7.52. The number of anilines is 1. The van der Waals surface area contributed by atoms with Gasteiger partial charge in [-0.25, -0.2) is 4.79 Å². The van der Waals surface area contributed by atoms with Gasteiger partial charge in [0, 0.05) is 18.8 Å². The van der Waals surface area contributed by atoms with E-state index in [2.05, 4.69) is 5.32 Å². The van der Waals surface area contributed by atoms with E-state index in [9.17, 15) is 24.6 Å². The Morgan fingerprint density at radius 1 is 1.15 bits per heavy atom. The lowest BCUT2D eigenvalue weighted by molar-refractivity contribution is -0.141. The molecule has 1 aromatic rings. The fraction of sp³-hybridized carbons (Fsp3) is 0.550. The van der Waals surface area contributed by atoms with E-state index >= 15 is 0 Å². The minimum atomic E-state index is -1.04. The first kappa shape index (κ1) is 19.2. The summed E-state index contributed by atoms with van der Waals surface area (Å²) in [4.78, 5) is 37.1. The molecule has 0 aromatic heterocycles. The highest BCUT2D eigenvalue weighted by Gasteiger charge is 2.31. The molecule has 7 nitrogen and oxygen atoms in total. The number of carbonyl (C=O) groups is 3. The van der Waals surface area contributed by atoms with Gasteiger partial charge in [-0.05, 0) is 36.1 Å². The molecule has 146 valence electrons. The van der Waals surface area contributed by atoms with Crippen molar-refractivity contribution in [3.8, 4) is 0 Å². The lowest BCUT2D eigenvalue weighted by Gasteiger charge is -2.27. The van der Waals surface area contributed by atoms with Crippen molar-refractivity contribution in [1.82, 2.24) is 4.90 Å². The molecule has 27 heavy (non-hydrogen) atoms. The second-order valence-corrected chi connectivity index (χ2v) is 7.52. The summed E-state index contributed by atoms with van der Waals surface area (Å²) in [7, 11) is 0. The monoisotopic (exact) mass is 374 g/mol. The van der Waals surface area contributed by atoms with Crippen molar-refractivity contribution in [3.05, 3.63) is 29.3 Å². The zero-order valence-electron chi connectivity index (χ0n) is 15.3. The molecule has 0 spiro atoms. The minimum Gasteiger partial charge on any atom is -0.481 e. The van der Waals surface area contributed by atoms with Gasteiger partial charge in [-0.2, -0.15) is 0 Å². The number of aromatic carboxylic acids is 1. The molecule has 3 rings (SSSR count). The van der Waals surface area contributed by atoms with E-state index < -0.39 is 18.0 Å². The Bertz CT molecular complexity index is 727. The Hall–Kier alpha value is -2.57. The predicted octanol–water partition coefficient (Wildman–Crippen LogP) is 2.95. The SMILES string of the molecule is O=C(O)CC1Nc2ccc(C(=O)O)cc2CN(CCC2CCCCC2)C1=O. The van der Waals surface area contributed by atoms with E-state index in [1.165, 1.54) is 38.2 Å². The molecule has 1 fully saturated rings. The molecule has 2 aliphatic rings. The van der Waals surface area contributed by atoms with Crippen LogP contribution in [0.5, 0.6) is 0 Å². The Labute approximate surface area is 158 Å². The first-order chi connectivity index (χ1) is 12.9. The number of hydrogen-bond donors (Lipinski definition) is 3. The molecule has 1 saturated carbocycles. The standard InChI is InChI=1S/C20H26N2O5/c23-18(24)11-17-19(25)22(9-8-13-4-2-1-3-5-13)12-15-10-14(20(26)27)6-7-16(15)21-17/h6-7,10,13,17,21H,1-5,8-9,11-12H2,(H,23,24)(H,26,27). The summed E-state index contributed by atoms with van der Waals surface area (Å²) in [5, 5.41) is 21.4. The molecule has 1 atom stereocenters. The Morgan fingerprint density at radius 3 is 2.56 bits per heavy atom. The van der Waals surface area contributed by atoms with Crippen LogP contribution in [0, 0.1) is 5.92 Å². The zero-order valence-corrected chi connectivity index (χ0v) is 15.3. The number of nitrogens with zero attached hydrogens (tertiary/aromatic N) is 1. The number of benzene rings is 1. The van der Waals surface area contributed by atoms with Crippen LogP contribution in [0.25, 0.3) is 0 Å². The fourth-order valence-electron chi connectivity index (χ4n) is 4.07. The third-order valence-corrected chi connectivity index (χ3v) is 5.56. The number of fused-ring (bicyclic) bond motifs is 1. The summed E-state index contributed by atoms with van der Waals surface area (Å²) < 4.78 is 0. The van der Waals surface area contributed by atoms with Gasteiger partial charge in [0.25, 0.3) is 0 Å². The number of rotatable bonds is 6. The van der Waals surface area contributed by atoms with Crippen LogP contribution in [-0.4, -0.2) is 45.5 Å². The van der Waals surface area contributed by atoms with Crippen LogP contribution in [0.3, 0.4) is 0 Å². The molecule has 1 unspecified atom stereocenters. The quantitative estimate of drug-likeness (QED) is 0.707. The van der Waals surface area contributed by atoms with Crippen LogP contribution >= 0.6 is 0 Å². The van der Waals surface area contributed by atoms with E-state index in [1.807, 2.05) is 0 Å². The lowest BCUT2D eigenvalue weighted by atomic mass is 9.87. The van der Waals surface area contributed by atoms with Crippen molar-refractivity contribution in [1.29, 1.82) is 0 Å². The third-order valence-electron chi connectivity index (χ3n) is 5.56. The summed E-state index contributed by atoms with van der Waals surface area (Å²) in [6.07, 6.45) is 6.68. The highest BCUT2D eigenvalue weighted by molar-refractivity contribution is 5.92. The molecule has 7 heteroatoms. The Morgan fingerprint density at radius 2 is 1.89 bits per heavy atom. The van der Waals surface area contributed by atoms with Crippen LogP contribution in [-0.2, 0) is 16.1 Å². The van der Waals surface area contributed by atoms with Gasteiger partial charge in [-0.3, -0.25) is 9.59 Å². The highest BCUT2D eigenvalue weighted by Crippen LogP contribution is 2.29. The van der Waals surface area contributed by atoms with Gasteiger partial charge in [-0.15, -0.1) is 0 Å². The summed E-state index contributed by atoms with van der Waals surface area (Å²) in [6, 6.07) is 3.81. The average Bonchev–Trinajstić information content (AvgIpc) is 2.77. The summed E-state index contributed by atoms with van der Waals surface area (Å²) in [6.45, 7) is 0.864. The van der Waals surface area contributed by atoms with Crippen LogP contribution < -0.4 is 5.32 Å². The van der Waals surface area contributed by atoms with E-state index in [1.54, 1.807) is 17.0 Å². The van der Waals surface area contributed by atoms with Crippen LogP contribution in [0.1, 0.15) is 60.9 Å². The number of hydrogen-bond acceptors (Lipinski definition) is 4. The molecular weight excluding hydrogens is 348 g/mol. The second kappa shape index (κ2) is 8.41. The maximum Gasteiger partial charge on any atom is 0.335 e. The van der Waals surface area contributed by atoms with E-state index in [-0.39, 0.29) is 17.9 Å². The average molecular weight is 374 g/mol. The zero-order chi connectivity index (χ0) is 19.4. The van der Waals surface area contributed by atoms with Gasteiger partial charge in [0.15, 0.2) is 0 Å². The summed E-state index contributed by atoms with van der Waals surface area (Å²) in [5.41, 5.74) is 1.49. The maximum absolute atomic E-state index is 12.9. The maximum atomic E-state index is 12.9. The highest BCUT2D eigenvalue weighted by atomic mass is 16.4. The predicted molar refractivity (Wildman–Crippen MR) is 99.7 cm³/mol. The lowest BCUT2D eigenvalue weighted by Crippen LogP contribution is -2.42. The van der Waals surface area contributed by atoms with Gasteiger partial charge in [0.2, 0.25) is 5.91 Å². The van der Waals surface area contributed by atoms with Crippen molar-refractivity contribution in [2.24, 2.45) is 5.92 Å². The van der Waals surface area contributed by atoms with Crippen molar-refractivity contribution in [2.45, 2.75) is 57.5 Å².